The van der Waals surface area contributed by atoms with Crippen LogP contribution in [0.5, 0.6) is 0 Å². The molecule has 1 rings (SSSR count). The summed E-state index contributed by atoms with van der Waals surface area (Å²) in [4.78, 5) is 24.1. The topological polar surface area (TPSA) is 70.6 Å². The molecule has 0 radical (unpaired) electrons. The number of carbonyl (C=O) groups is 2. The van der Waals surface area contributed by atoms with Gasteiger partial charge in [0.05, 0.1) is 12.8 Å². The van der Waals surface area contributed by atoms with E-state index in [9.17, 15) is 9.59 Å². The molecule has 0 saturated carbocycles. The minimum absolute atomic E-state index is 0.0306. The van der Waals surface area contributed by atoms with Crippen molar-refractivity contribution in [1.82, 2.24) is 10.7 Å². The molecule has 6 heteroatoms. The number of thiophene rings is 1. The van der Waals surface area contributed by atoms with Crippen LogP contribution in [0.1, 0.15) is 63.2 Å². The first kappa shape index (κ1) is 19.4. The fourth-order valence-corrected chi connectivity index (χ4v) is 2.67. The Labute approximate surface area is 142 Å². The molecule has 2 amide bonds. The highest BCUT2D eigenvalue weighted by atomic mass is 32.1. The molecule has 0 spiro atoms. The van der Waals surface area contributed by atoms with E-state index >= 15 is 0 Å². The lowest BCUT2D eigenvalue weighted by molar-refractivity contribution is -0.126. The average Bonchev–Trinajstić information content (AvgIpc) is 3.05. The van der Waals surface area contributed by atoms with E-state index in [2.05, 4.69) is 22.8 Å². The molecule has 0 saturated heterocycles. The van der Waals surface area contributed by atoms with Crippen LogP contribution in [0.15, 0.2) is 22.6 Å². The fraction of sp³-hybridized carbons (Fsp3) is 0.588. The zero-order chi connectivity index (χ0) is 16.8. The molecule has 0 fully saturated rings. The fourth-order valence-electron chi connectivity index (χ4n) is 2.08. The van der Waals surface area contributed by atoms with Gasteiger partial charge < -0.3 is 5.32 Å². The summed E-state index contributed by atoms with van der Waals surface area (Å²) >= 11 is 1.54. The van der Waals surface area contributed by atoms with Crippen LogP contribution in [0, 0.1) is 0 Å². The molecule has 1 aromatic heterocycles. The van der Waals surface area contributed by atoms with E-state index in [0.717, 1.165) is 17.7 Å². The first-order valence-electron chi connectivity index (χ1n) is 8.34. The van der Waals surface area contributed by atoms with Crippen LogP contribution in [0.3, 0.4) is 0 Å². The SMILES string of the molecule is CCCCCCCCCC(=O)NCC(=O)N/N=C/c1cccs1. The maximum Gasteiger partial charge on any atom is 0.259 e. The maximum absolute atomic E-state index is 11.6. The molecule has 5 nitrogen and oxygen atoms in total. The van der Waals surface area contributed by atoms with E-state index in [4.69, 9.17) is 0 Å². The van der Waals surface area contributed by atoms with Crippen LogP contribution in [0.25, 0.3) is 0 Å². The second kappa shape index (κ2) is 12.8. The smallest absolute Gasteiger partial charge is 0.259 e. The Hall–Kier alpha value is -1.69. The van der Waals surface area contributed by atoms with Crippen molar-refractivity contribution in [3.05, 3.63) is 22.4 Å². The highest BCUT2D eigenvalue weighted by Gasteiger charge is 2.04. The standard InChI is InChI=1S/C17H27N3O2S/c1-2-3-4-5-6-7-8-11-16(21)18-14-17(22)20-19-13-15-10-9-12-23-15/h9-10,12-13H,2-8,11,14H2,1H3,(H,18,21)(H,20,22)/b19-13+. The number of nitrogens with one attached hydrogen (secondary N) is 2. The van der Waals surface area contributed by atoms with Gasteiger partial charge in [-0.3, -0.25) is 9.59 Å². The van der Waals surface area contributed by atoms with Gasteiger partial charge in [0.15, 0.2) is 0 Å². The highest BCUT2D eigenvalue weighted by Crippen LogP contribution is 2.08. The van der Waals surface area contributed by atoms with Crippen LogP contribution in [0.2, 0.25) is 0 Å². The summed E-state index contributed by atoms with van der Waals surface area (Å²) in [6.07, 6.45) is 10.3. The molecule has 0 aliphatic rings. The van der Waals surface area contributed by atoms with E-state index in [1.165, 1.54) is 43.4 Å². The summed E-state index contributed by atoms with van der Waals surface area (Å²) in [6, 6.07) is 3.82. The third kappa shape index (κ3) is 10.6. The van der Waals surface area contributed by atoms with Crippen LogP contribution in [-0.4, -0.2) is 24.6 Å². The predicted molar refractivity (Wildman–Crippen MR) is 95.7 cm³/mol. The molecule has 0 aromatic carbocycles. The molecule has 1 aromatic rings. The molecular formula is C17H27N3O2S. The minimum Gasteiger partial charge on any atom is -0.347 e. The number of nitrogens with zero attached hydrogens (tertiary/aromatic N) is 1. The second-order valence-electron chi connectivity index (χ2n) is 5.46. The van der Waals surface area contributed by atoms with Crippen molar-refractivity contribution in [2.45, 2.75) is 58.3 Å². The molecule has 23 heavy (non-hydrogen) atoms. The Morgan fingerprint density at radius 3 is 2.57 bits per heavy atom. The van der Waals surface area contributed by atoms with Crippen molar-refractivity contribution < 1.29 is 9.59 Å². The predicted octanol–water partition coefficient (Wildman–Crippen LogP) is 3.46. The molecule has 0 aliphatic heterocycles. The largest absolute Gasteiger partial charge is 0.347 e. The van der Waals surface area contributed by atoms with Gasteiger partial charge in [-0.2, -0.15) is 5.10 Å². The first-order chi connectivity index (χ1) is 11.2. The lowest BCUT2D eigenvalue weighted by Crippen LogP contribution is -2.34. The van der Waals surface area contributed by atoms with Gasteiger partial charge in [-0.1, -0.05) is 51.5 Å². The Morgan fingerprint density at radius 2 is 1.87 bits per heavy atom. The second-order valence-corrected chi connectivity index (χ2v) is 6.44. The zero-order valence-corrected chi connectivity index (χ0v) is 14.7. The molecule has 0 unspecified atom stereocenters. The van der Waals surface area contributed by atoms with Gasteiger partial charge in [0.1, 0.15) is 0 Å². The van der Waals surface area contributed by atoms with Gasteiger partial charge in [-0.25, -0.2) is 5.43 Å². The summed E-state index contributed by atoms with van der Waals surface area (Å²) in [5.41, 5.74) is 2.39. The van der Waals surface area contributed by atoms with Gasteiger partial charge in [0.25, 0.3) is 5.91 Å². The number of amides is 2. The summed E-state index contributed by atoms with van der Waals surface area (Å²) in [5.74, 6) is -0.387. The molecule has 128 valence electrons. The zero-order valence-electron chi connectivity index (χ0n) is 13.8. The first-order valence-corrected chi connectivity index (χ1v) is 9.22. The average molecular weight is 337 g/mol. The van der Waals surface area contributed by atoms with Crippen LogP contribution >= 0.6 is 11.3 Å². The van der Waals surface area contributed by atoms with E-state index in [0.29, 0.717) is 6.42 Å². The van der Waals surface area contributed by atoms with Gasteiger partial charge in [0, 0.05) is 11.3 Å². The van der Waals surface area contributed by atoms with Crippen molar-refractivity contribution in [1.29, 1.82) is 0 Å². The summed E-state index contributed by atoms with van der Waals surface area (Å²) in [6.45, 7) is 2.17. The summed E-state index contributed by atoms with van der Waals surface area (Å²) < 4.78 is 0. The van der Waals surface area contributed by atoms with Crippen molar-refractivity contribution in [2.75, 3.05) is 6.54 Å². The third-order valence-corrected chi connectivity index (χ3v) is 4.18. The van der Waals surface area contributed by atoms with Crippen LogP contribution in [-0.2, 0) is 9.59 Å². The molecule has 0 atom stereocenters. The van der Waals surface area contributed by atoms with Crippen molar-refractivity contribution in [3.8, 4) is 0 Å². The van der Waals surface area contributed by atoms with Crippen LogP contribution < -0.4 is 10.7 Å². The number of hydrogen-bond donors (Lipinski definition) is 2. The monoisotopic (exact) mass is 337 g/mol. The number of unbranched alkanes of at least 4 members (excludes halogenated alkanes) is 6. The number of hydrogen-bond acceptors (Lipinski definition) is 4. The Bertz CT molecular complexity index is 472. The van der Waals surface area contributed by atoms with Crippen molar-refractivity contribution in [2.24, 2.45) is 5.10 Å². The molecule has 2 N–H and O–H groups in total. The van der Waals surface area contributed by atoms with Gasteiger partial charge in [0.2, 0.25) is 5.91 Å². The Balaban J connectivity index is 1.99. The Morgan fingerprint density at radius 1 is 1.13 bits per heavy atom. The van der Waals surface area contributed by atoms with E-state index < -0.39 is 0 Å². The number of carbonyl (C=O) groups excluding carboxylic acids is 2. The Kier molecular flexibility index (Phi) is 10.8. The molecule has 0 aliphatic carbocycles. The number of rotatable bonds is 12. The van der Waals surface area contributed by atoms with E-state index in [1.54, 1.807) is 6.21 Å². The molecular weight excluding hydrogens is 310 g/mol. The molecule has 0 bridgehead atoms. The van der Waals surface area contributed by atoms with Crippen molar-refractivity contribution >= 4 is 29.4 Å². The van der Waals surface area contributed by atoms with E-state index in [1.807, 2.05) is 17.5 Å². The normalized spacial score (nSPS) is 10.8. The lowest BCUT2D eigenvalue weighted by Gasteiger charge is -2.04. The minimum atomic E-state index is -0.314. The quantitative estimate of drug-likeness (QED) is 0.348. The van der Waals surface area contributed by atoms with Gasteiger partial charge in [-0.05, 0) is 17.9 Å². The van der Waals surface area contributed by atoms with Crippen molar-refractivity contribution in [3.63, 3.8) is 0 Å². The van der Waals surface area contributed by atoms with E-state index in [-0.39, 0.29) is 18.4 Å². The van der Waals surface area contributed by atoms with Gasteiger partial charge in [-0.15, -0.1) is 11.3 Å². The molecule has 1 heterocycles. The lowest BCUT2D eigenvalue weighted by atomic mass is 10.1. The summed E-state index contributed by atoms with van der Waals surface area (Å²) in [7, 11) is 0. The summed E-state index contributed by atoms with van der Waals surface area (Å²) in [5, 5.41) is 8.39. The van der Waals surface area contributed by atoms with Gasteiger partial charge >= 0.3 is 0 Å². The van der Waals surface area contributed by atoms with Crippen LogP contribution in [0.4, 0.5) is 0 Å². The highest BCUT2D eigenvalue weighted by molar-refractivity contribution is 7.11. The number of hydrazone groups is 1. The third-order valence-electron chi connectivity index (χ3n) is 3.38. The maximum atomic E-state index is 11.6.